The highest BCUT2D eigenvalue weighted by atomic mass is 16.6. The van der Waals surface area contributed by atoms with E-state index in [9.17, 15) is 10.1 Å². The Balaban J connectivity index is 1.92. The van der Waals surface area contributed by atoms with Crippen molar-refractivity contribution < 1.29 is 4.92 Å². The van der Waals surface area contributed by atoms with E-state index in [0.29, 0.717) is 6.54 Å². The van der Waals surface area contributed by atoms with Crippen molar-refractivity contribution in [3.63, 3.8) is 0 Å². The molecular weight excluding hydrogens is 270 g/mol. The van der Waals surface area contributed by atoms with E-state index < -0.39 is 4.92 Å². The maximum absolute atomic E-state index is 10.6. The van der Waals surface area contributed by atoms with E-state index in [1.807, 2.05) is 6.20 Å². The van der Waals surface area contributed by atoms with E-state index in [1.54, 1.807) is 16.8 Å². The molecule has 0 fully saturated rings. The summed E-state index contributed by atoms with van der Waals surface area (Å²) in [6.07, 6.45) is 4.51. The average molecular weight is 289 g/mol. The first-order chi connectivity index (χ1) is 10.1. The maximum Gasteiger partial charge on any atom is 0.269 e. The largest absolute Gasteiger partial charge is 0.323 e. The molecule has 21 heavy (non-hydrogen) atoms. The second-order valence-electron chi connectivity index (χ2n) is 4.98. The van der Waals surface area contributed by atoms with Crippen molar-refractivity contribution >= 4 is 5.69 Å². The van der Waals surface area contributed by atoms with Crippen LogP contribution in [0.3, 0.4) is 0 Å². The lowest BCUT2D eigenvalue weighted by atomic mass is 10.1. The number of hydrogen-bond donors (Lipinski definition) is 1. The Hall–Kier alpha value is -2.28. The Morgan fingerprint density at radius 1 is 1.38 bits per heavy atom. The normalized spacial score (nSPS) is 12.3. The zero-order valence-electron chi connectivity index (χ0n) is 12.0. The lowest BCUT2D eigenvalue weighted by Gasteiger charge is -2.04. The van der Waals surface area contributed by atoms with Gasteiger partial charge in [-0.2, -0.15) is 0 Å². The van der Waals surface area contributed by atoms with E-state index in [2.05, 4.69) is 17.2 Å². The number of rotatable bonds is 7. The quantitative estimate of drug-likeness (QED) is 0.622. The number of nitro groups is 1. The molecule has 1 aromatic carbocycles. The van der Waals surface area contributed by atoms with Crippen LogP contribution in [0.1, 0.15) is 37.1 Å². The summed E-state index contributed by atoms with van der Waals surface area (Å²) in [5.74, 6) is 0. The summed E-state index contributed by atoms with van der Waals surface area (Å²) in [5.41, 5.74) is 7.93. The summed E-state index contributed by atoms with van der Waals surface area (Å²) >= 11 is 0. The highest BCUT2D eigenvalue weighted by Crippen LogP contribution is 2.14. The van der Waals surface area contributed by atoms with Gasteiger partial charge in [0, 0.05) is 18.7 Å². The first-order valence-corrected chi connectivity index (χ1v) is 6.99. The molecule has 2 N–H and O–H groups in total. The molecule has 1 atom stereocenters. The lowest BCUT2D eigenvalue weighted by molar-refractivity contribution is -0.384. The molecule has 0 bridgehead atoms. The van der Waals surface area contributed by atoms with Crippen LogP contribution in [0.15, 0.2) is 30.5 Å². The van der Waals surface area contributed by atoms with Crippen molar-refractivity contribution in [2.45, 2.75) is 38.8 Å². The molecule has 0 radical (unpaired) electrons. The Morgan fingerprint density at radius 3 is 2.71 bits per heavy atom. The van der Waals surface area contributed by atoms with E-state index in [4.69, 9.17) is 5.73 Å². The third-order valence-corrected chi connectivity index (χ3v) is 3.31. The molecule has 1 heterocycles. The van der Waals surface area contributed by atoms with Crippen molar-refractivity contribution in [3.05, 3.63) is 51.8 Å². The van der Waals surface area contributed by atoms with Crippen molar-refractivity contribution in [3.8, 4) is 0 Å². The predicted molar refractivity (Wildman–Crippen MR) is 78.7 cm³/mol. The average Bonchev–Trinajstić information content (AvgIpc) is 2.95. The van der Waals surface area contributed by atoms with Crippen LogP contribution in [0.25, 0.3) is 0 Å². The van der Waals surface area contributed by atoms with E-state index >= 15 is 0 Å². The summed E-state index contributed by atoms with van der Waals surface area (Å²) in [6.45, 7) is 2.75. The fourth-order valence-corrected chi connectivity index (χ4v) is 2.08. The van der Waals surface area contributed by atoms with E-state index in [1.165, 1.54) is 12.1 Å². The molecule has 2 rings (SSSR count). The Morgan fingerprint density at radius 2 is 2.10 bits per heavy atom. The summed E-state index contributed by atoms with van der Waals surface area (Å²) in [5, 5.41) is 18.7. The molecule has 0 spiro atoms. The SMILES string of the molecule is CCCC(N)c1cn(CCc2ccc([N+](=O)[O-])cc2)nn1. The van der Waals surface area contributed by atoms with Gasteiger partial charge in [0.05, 0.1) is 22.9 Å². The van der Waals surface area contributed by atoms with Crippen LogP contribution in [-0.2, 0) is 13.0 Å². The minimum Gasteiger partial charge on any atom is -0.323 e. The smallest absolute Gasteiger partial charge is 0.269 e. The second kappa shape index (κ2) is 6.94. The second-order valence-corrected chi connectivity index (χ2v) is 4.98. The fourth-order valence-electron chi connectivity index (χ4n) is 2.08. The highest BCUT2D eigenvalue weighted by Gasteiger charge is 2.09. The Bertz CT molecular complexity index is 594. The topological polar surface area (TPSA) is 99.9 Å². The third-order valence-electron chi connectivity index (χ3n) is 3.31. The minimum absolute atomic E-state index is 0.0666. The van der Waals surface area contributed by atoms with Crippen molar-refractivity contribution in [2.24, 2.45) is 5.73 Å². The van der Waals surface area contributed by atoms with Crippen LogP contribution in [0, 0.1) is 10.1 Å². The van der Waals surface area contributed by atoms with Gasteiger partial charge < -0.3 is 5.73 Å². The van der Waals surface area contributed by atoms with Crippen LogP contribution in [0.4, 0.5) is 5.69 Å². The summed E-state index contributed by atoms with van der Waals surface area (Å²) in [6, 6.07) is 6.49. The molecule has 0 amide bonds. The van der Waals surface area contributed by atoms with Crippen LogP contribution in [0.5, 0.6) is 0 Å². The standard InChI is InChI=1S/C14H19N5O2/c1-2-3-13(15)14-10-18(17-16-14)9-8-11-4-6-12(7-5-11)19(20)21/h4-7,10,13H,2-3,8-9,15H2,1H3. The number of benzene rings is 1. The summed E-state index contributed by atoms with van der Waals surface area (Å²) in [4.78, 5) is 10.2. The minimum atomic E-state index is -0.400. The molecule has 0 saturated heterocycles. The lowest BCUT2D eigenvalue weighted by Crippen LogP contribution is -2.10. The zero-order chi connectivity index (χ0) is 15.2. The third kappa shape index (κ3) is 4.09. The number of non-ortho nitro benzene ring substituents is 1. The van der Waals surface area contributed by atoms with Gasteiger partial charge in [-0.25, -0.2) is 0 Å². The first kappa shape index (κ1) is 15.1. The van der Waals surface area contributed by atoms with Crippen LogP contribution in [-0.4, -0.2) is 19.9 Å². The molecule has 7 nitrogen and oxygen atoms in total. The molecule has 0 saturated carbocycles. The van der Waals surface area contributed by atoms with Crippen LogP contribution >= 0.6 is 0 Å². The van der Waals surface area contributed by atoms with Crippen molar-refractivity contribution in [1.82, 2.24) is 15.0 Å². The van der Waals surface area contributed by atoms with Gasteiger partial charge in [0.15, 0.2) is 0 Å². The molecule has 0 aliphatic rings. The van der Waals surface area contributed by atoms with Gasteiger partial charge in [-0.15, -0.1) is 5.10 Å². The number of hydrogen-bond acceptors (Lipinski definition) is 5. The van der Waals surface area contributed by atoms with Gasteiger partial charge >= 0.3 is 0 Å². The Kier molecular flexibility index (Phi) is 4.99. The molecule has 1 aromatic heterocycles. The van der Waals surface area contributed by atoms with Gasteiger partial charge in [-0.3, -0.25) is 14.8 Å². The number of nitrogens with zero attached hydrogens (tertiary/aromatic N) is 4. The van der Waals surface area contributed by atoms with Crippen molar-refractivity contribution in [1.29, 1.82) is 0 Å². The van der Waals surface area contributed by atoms with Gasteiger partial charge in [0.1, 0.15) is 0 Å². The van der Waals surface area contributed by atoms with Crippen LogP contribution < -0.4 is 5.73 Å². The number of nitro benzene ring substituents is 1. The number of aromatic nitrogens is 3. The van der Waals surface area contributed by atoms with E-state index in [0.717, 1.165) is 30.5 Å². The molecule has 0 aliphatic carbocycles. The molecular formula is C14H19N5O2. The molecule has 0 aliphatic heterocycles. The first-order valence-electron chi connectivity index (χ1n) is 6.99. The fraction of sp³-hybridized carbons (Fsp3) is 0.429. The molecule has 7 heteroatoms. The van der Waals surface area contributed by atoms with E-state index in [-0.39, 0.29) is 11.7 Å². The number of aryl methyl sites for hydroxylation is 2. The molecule has 1 unspecified atom stereocenters. The van der Waals surface area contributed by atoms with Gasteiger partial charge in [-0.05, 0) is 18.4 Å². The molecule has 2 aromatic rings. The van der Waals surface area contributed by atoms with Crippen molar-refractivity contribution in [2.75, 3.05) is 0 Å². The summed E-state index contributed by atoms with van der Waals surface area (Å²) in [7, 11) is 0. The highest BCUT2D eigenvalue weighted by molar-refractivity contribution is 5.32. The number of nitrogens with two attached hydrogens (primary N) is 1. The Labute approximate surface area is 122 Å². The maximum atomic E-state index is 10.6. The van der Waals surface area contributed by atoms with Gasteiger partial charge in [-0.1, -0.05) is 30.7 Å². The zero-order valence-corrected chi connectivity index (χ0v) is 12.0. The predicted octanol–water partition coefficient (Wildman–Crippen LogP) is 2.23. The van der Waals surface area contributed by atoms with Crippen LogP contribution in [0.2, 0.25) is 0 Å². The monoisotopic (exact) mass is 289 g/mol. The summed E-state index contributed by atoms with van der Waals surface area (Å²) < 4.78 is 1.76. The van der Waals surface area contributed by atoms with Gasteiger partial charge in [0.2, 0.25) is 0 Å². The van der Waals surface area contributed by atoms with Gasteiger partial charge in [0.25, 0.3) is 5.69 Å². The molecule has 112 valence electrons.